The third-order valence-electron chi connectivity index (χ3n) is 3.06. The van der Waals surface area contributed by atoms with Crippen molar-refractivity contribution in [2.24, 2.45) is 0 Å². The fraction of sp³-hybridized carbons (Fsp3) is 0.467. The molecule has 0 aliphatic carbocycles. The van der Waals surface area contributed by atoms with Crippen molar-refractivity contribution >= 4 is 10.9 Å². The molecule has 18 heavy (non-hydrogen) atoms. The van der Waals surface area contributed by atoms with Crippen LogP contribution in [-0.4, -0.2) is 23.1 Å². The van der Waals surface area contributed by atoms with Crippen LogP contribution in [0.1, 0.15) is 32.0 Å². The van der Waals surface area contributed by atoms with Crippen LogP contribution in [0.2, 0.25) is 0 Å². The first-order valence-electron chi connectivity index (χ1n) is 6.81. The molecule has 1 aliphatic rings. The predicted octanol–water partition coefficient (Wildman–Crippen LogP) is 2.95. The quantitative estimate of drug-likeness (QED) is 0.836. The van der Waals surface area contributed by atoms with Gasteiger partial charge in [0.05, 0.1) is 5.52 Å². The van der Waals surface area contributed by atoms with Crippen LogP contribution in [-0.2, 0) is 6.42 Å². The molecule has 1 N–H and O–H groups in total. The molecule has 2 aromatic rings. The van der Waals surface area contributed by atoms with E-state index in [1.54, 1.807) is 0 Å². The van der Waals surface area contributed by atoms with E-state index < -0.39 is 0 Å². The molecular formula is C15H21N3. The lowest BCUT2D eigenvalue weighted by Gasteiger charge is -2.08. The van der Waals surface area contributed by atoms with Gasteiger partial charge in [-0.25, -0.2) is 9.97 Å². The highest BCUT2D eigenvalue weighted by Crippen LogP contribution is 2.09. The summed E-state index contributed by atoms with van der Waals surface area (Å²) in [6.07, 6.45) is 6.99. The second-order valence-corrected chi connectivity index (χ2v) is 4.51. The summed E-state index contributed by atoms with van der Waals surface area (Å²) in [4.78, 5) is 8.60. The van der Waals surface area contributed by atoms with Crippen LogP contribution < -0.4 is 5.32 Å². The van der Waals surface area contributed by atoms with Gasteiger partial charge in [0.25, 0.3) is 0 Å². The number of fused-ring (bicyclic) bond motifs is 1. The average molecular weight is 243 g/mol. The van der Waals surface area contributed by atoms with Crippen LogP contribution in [0.25, 0.3) is 10.9 Å². The second-order valence-electron chi connectivity index (χ2n) is 4.51. The van der Waals surface area contributed by atoms with Crippen molar-refractivity contribution in [1.82, 2.24) is 15.3 Å². The van der Waals surface area contributed by atoms with Gasteiger partial charge in [-0.1, -0.05) is 31.5 Å². The molecule has 1 aromatic carbocycles. The maximum absolute atomic E-state index is 4.38. The molecule has 1 saturated heterocycles. The molecule has 0 bridgehead atoms. The van der Waals surface area contributed by atoms with Crippen LogP contribution in [0.5, 0.6) is 0 Å². The van der Waals surface area contributed by atoms with Gasteiger partial charge in [0.1, 0.15) is 5.82 Å². The standard InChI is InChI=1S/C10H10N2.C5H11N/c1-2-10-11-7-8-5-3-4-6-9(8)12-10;1-2-4-6-5-3-1/h3-7H,2H2,1H3;6H,1-5H2. The highest BCUT2D eigenvalue weighted by atomic mass is 14.9. The summed E-state index contributed by atoms with van der Waals surface area (Å²) in [7, 11) is 0. The first-order chi connectivity index (χ1) is 8.90. The van der Waals surface area contributed by atoms with Gasteiger partial charge in [0, 0.05) is 18.0 Å². The van der Waals surface area contributed by atoms with Gasteiger partial charge in [-0.05, 0) is 32.0 Å². The van der Waals surface area contributed by atoms with Gasteiger partial charge in [-0.2, -0.15) is 0 Å². The molecule has 2 heterocycles. The van der Waals surface area contributed by atoms with E-state index in [-0.39, 0.29) is 0 Å². The van der Waals surface area contributed by atoms with Gasteiger partial charge in [-0.3, -0.25) is 0 Å². The molecule has 0 radical (unpaired) electrons. The Morgan fingerprint density at radius 1 is 1.11 bits per heavy atom. The molecule has 0 unspecified atom stereocenters. The summed E-state index contributed by atoms with van der Waals surface area (Å²) in [5.74, 6) is 0.911. The first-order valence-corrected chi connectivity index (χ1v) is 6.81. The van der Waals surface area contributed by atoms with E-state index >= 15 is 0 Å². The zero-order valence-electron chi connectivity index (χ0n) is 11.0. The summed E-state index contributed by atoms with van der Waals surface area (Å²) < 4.78 is 0. The minimum absolute atomic E-state index is 0.894. The van der Waals surface area contributed by atoms with Crippen LogP contribution in [0.4, 0.5) is 0 Å². The molecule has 3 rings (SSSR count). The Labute approximate surface area is 109 Å². The normalized spacial score (nSPS) is 14.9. The molecule has 0 amide bonds. The topological polar surface area (TPSA) is 37.8 Å². The van der Waals surface area contributed by atoms with Crippen molar-refractivity contribution < 1.29 is 0 Å². The molecule has 0 atom stereocenters. The SMILES string of the molecule is C1CCNCC1.CCc1ncc2ccccc2n1. The number of aromatic nitrogens is 2. The van der Waals surface area contributed by atoms with Gasteiger partial charge in [0.2, 0.25) is 0 Å². The number of aryl methyl sites for hydroxylation is 1. The minimum Gasteiger partial charge on any atom is -0.317 e. The highest BCUT2D eigenvalue weighted by Gasteiger charge is 1.95. The van der Waals surface area contributed by atoms with Crippen molar-refractivity contribution in [2.75, 3.05) is 13.1 Å². The zero-order valence-corrected chi connectivity index (χ0v) is 11.0. The number of nitrogens with zero attached hydrogens (tertiary/aromatic N) is 2. The van der Waals surface area contributed by atoms with Crippen molar-refractivity contribution in [3.05, 3.63) is 36.3 Å². The number of para-hydroxylation sites is 1. The van der Waals surface area contributed by atoms with Crippen molar-refractivity contribution in [2.45, 2.75) is 32.6 Å². The fourth-order valence-electron chi connectivity index (χ4n) is 1.98. The minimum atomic E-state index is 0.894. The van der Waals surface area contributed by atoms with E-state index in [0.29, 0.717) is 0 Å². The molecule has 0 saturated carbocycles. The maximum atomic E-state index is 4.38. The Kier molecular flexibility index (Phi) is 5.09. The van der Waals surface area contributed by atoms with Crippen molar-refractivity contribution in [3.63, 3.8) is 0 Å². The third kappa shape index (κ3) is 3.77. The van der Waals surface area contributed by atoms with E-state index in [4.69, 9.17) is 0 Å². The molecule has 1 fully saturated rings. The highest BCUT2D eigenvalue weighted by molar-refractivity contribution is 5.77. The average Bonchev–Trinajstić information content (AvgIpc) is 2.49. The summed E-state index contributed by atoms with van der Waals surface area (Å²) in [5, 5.41) is 4.39. The molecule has 3 nitrogen and oxygen atoms in total. The van der Waals surface area contributed by atoms with E-state index in [2.05, 4.69) is 22.2 Å². The second kappa shape index (κ2) is 7.07. The molecule has 1 aliphatic heterocycles. The fourth-order valence-corrected chi connectivity index (χ4v) is 1.98. The third-order valence-corrected chi connectivity index (χ3v) is 3.06. The molecule has 0 spiro atoms. The summed E-state index contributed by atoms with van der Waals surface area (Å²) in [5.41, 5.74) is 1.03. The van der Waals surface area contributed by atoms with Crippen LogP contribution >= 0.6 is 0 Å². The van der Waals surface area contributed by atoms with E-state index in [0.717, 1.165) is 23.1 Å². The maximum Gasteiger partial charge on any atom is 0.128 e. The Morgan fingerprint density at radius 3 is 2.50 bits per heavy atom. The van der Waals surface area contributed by atoms with E-state index in [9.17, 15) is 0 Å². The number of rotatable bonds is 1. The predicted molar refractivity (Wildman–Crippen MR) is 75.6 cm³/mol. The van der Waals surface area contributed by atoms with Crippen molar-refractivity contribution in [1.29, 1.82) is 0 Å². The molecule has 3 heteroatoms. The molecule has 96 valence electrons. The summed E-state index contributed by atoms with van der Waals surface area (Å²) in [6, 6.07) is 8.02. The Morgan fingerprint density at radius 2 is 1.89 bits per heavy atom. The number of nitrogens with one attached hydrogen (secondary N) is 1. The van der Waals surface area contributed by atoms with Crippen LogP contribution in [0, 0.1) is 0 Å². The van der Waals surface area contributed by atoms with Crippen LogP contribution in [0.15, 0.2) is 30.5 Å². The Bertz CT molecular complexity index is 466. The van der Waals surface area contributed by atoms with E-state index in [1.807, 2.05) is 30.5 Å². The molecular weight excluding hydrogens is 222 g/mol. The number of benzene rings is 1. The Hall–Kier alpha value is -1.48. The van der Waals surface area contributed by atoms with Gasteiger partial charge >= 0.3 is 0 Å². The molecule has 1 aromatic heterocycles. The number of hydrogen-bond acceptors (Lipinski definition) is 3. The van der Waals surface area contributed by atoms with Gasteiger partial charge in [-0.15, -0.1) is 0 Å². The van der Waals surface area contributed by atoms with E-state index in [1.165, 1.54) is 32.4 Å². The lowest BCUT2D eigenvalue weighted by atomic mass is 10.2. The van der Waals surface area contributed by atoms with Crippen LogP contribution in [0.3, 0.4) is 0 Å². The monoisotopic (exact) mass is 243 g/mol. The number of piperidine rings is 1. The lowest BCUT2D eigenvalue weighted by molar-refractivity contribution is 0.520. The summed E-state index contributed by atoms with van der Waals surface area (Å²) in [6.45, 7) is 4.56. The largest absolute Gasteiger partial charge is 0.317 e. The smallest absolute Gasteiger partial charge is 0.128 e. The Balaban J connectivity index is 0.000000169. The lowest BCUT2D eigenvalue weighted by Crippen LogP contribution is -2.21. The summed E-state index contributed by atoms with van der Waals surface area (Å²) >= 11 is 0. The number of hydrogen-bond donors (Lipinski definition) is 1. The van der Waals surface area contributed by atoms with Gasteiger partial charge < -0.3 is 5.32 Å². The van der Waals surface area contributed by atoms with Crippen molar-refractivity contribution in [3.8, 4) is 0 Å². The zero-order chi connectivity index (χ0) is 12.6. The first kappa shape index (κ1) is 13.0. The van der Waals surface area contributed by atoms with Gasteiger partial charge in [0.15, 0.2) is 0 Å².